The Balaban J connectivity index is 2.18. The number of aryl methyl sites for hydroxylation is 1. The van der Waals surface area contributed by atoms with Crippen LogP contribution in [0.5, 0.6) is 0 Å². The molecule has 2 N–H and O–H groups in total. The Morgan fingerprint density at radius 3 is 2.46 bits per heavy atom. The van der Waals surface area contributed by atoms with Crippen LogP contribution in [0, 0.1) is 6.92 Å². The average Bonchev–Trinajstić information content (AvgIpc) is 3.05. The Kier molecular flexibility index (Phi) is 4.09. The van der Waals surface area contributed by atoms with Gasteiger partial charge in [-0.25, -0.2) is 4.79 Å². The molecule has 0 radical (unpaired) electrons. The fraction of sp³-hybridized carbons (Fsp3) is 0.176. The van der Waals surface area contributed by atoms with Gasteiger partial charge in [0.15, 0.2) is 5.82 Å². The summed E-state index contributed by atoms with van der Waals surface area (Å²) in [5.41, 5.74) is 3.33. The number of carboxylic acid groups (broad SMARTS) is 1. The highest BCUT2D eigenvalue weighted by Crippen LogP contribution is 2.25. The first-order chi connectivity index (χ1) is 11.5. The fourth-order valence-corrected chi connectivity index (χ4v) is 2.41. The van der Waals surface area contributed by atoms with Gasteiger partial charge in [0.2, 0.25) is 0 Å². The van der Waals surface area contributed by atoms with Crippen LogP contribution in [0.15, 0.2) is 42.5 Å². The molecule has 0 spiro atoms. The number of aliphatic hydroxyl groups excluding tert-OH is 1. The third-order valence-corrected chi connectivity index (χ3v) is 3.66. The monoisotopic (exact) mass is 324 g/mol. The van der Waals surface area contributed by atoms with Crippen LogP contribution >= 0.6 is 0 Å². The lowest BCUT2D eigenvalue weighted by atomic mass is 10.0. The minimum Gasteiger partial charge on any atom is -0.478 e. The highest BCUT2D eigenvalue weighted by Gasteiger charge is 2.16. The molecule has 0 aliphatic rings. The predicted octanol–water partition coefficient (Wildman–Crippen LogP) is 2.39. The summed E-state index contributed by atoms with van der Waals surface area (Å²) in [5, 5.41) is 30.4. The molecule has 0 amide bonds. The van der Waals surface area contributed by atoms with Gasteiger partial charge in [-0.15, -0.1) is 5.10 Å². The van der Waals surface area contributed by atoms with Crippen molar-refractivity contribution in [3.63, 3.8) is 0 Å². The van der Waals surface area contributed by atoms with Crippen molar-refractivity contribution in [1.82, 2.24) is 20.2 Å². The standard InChI is InChI=1S/C17H16N4O3/c1-10-3-5-12(6-4-10)13-7-14(17(23)24)9-15(8-13)21-16(11(2)22)18-19-20-21/h3-9,11,22H,1-2H3,(H,23,24). The first kappa shape index (κ1) is 15.8. The van der Waals surface area contributed by atoms with Crippen LogP contribution in [0.1, 0.15) is 34.8 Å². The van der Waals surface area contributed by atoms with Crippen LogP contribution in [-0.4, -0.2) is 36.4 Å². The van der Waals surface area contributed by atoms with Gasteiger partial charge in [0.25, 0.3) is 0 Å². The van der Waals surface area contributed by atoms with Gasteiger partial charge in [-0.3, -0.25) is 0 Å². The summed E-state index contributed by atoms with van der Waals surface area (Å²) in [4.78, 5) is 11.5. The summed E-state index contributed by atoms with van der Waals surface area (Å²) < 4.78 is 1.34. The van der Waals surface area contributed by atoms with Crippen molar-refractivity contribution in [3.8, 4) is 16.8 Å². The number of carboxylic acids is 1. The molecule has 0 fully saturated rings. The van der Waals surface area contributed by atoms with E-state index in [9.17, 15) is 15.0 Å². The van der Waals surface area contributed by atoms with E-state index in [2.05, 4.69) is 15.5 Å². The normalized spacial score (nSPS) is 12.1. The molecule has 7 nitrogen and oxygen atoms in total. The van der Waals surface area contributed by atoms with E-state index in [4.69, 9.17) is 0 Å². The van der Waals surface area contributed by atoms with Gasteiger partial charge in [0, 0.05) is 0 Å². The van der Waals surface area contributed by atoms with Gasteiger partial charge in [-0.1, -0.05) is 29.8 Å². The van der Waals surface area contributed by atoms with Gasteiger partial charge in [-0.2, -0.15) is 4.68 Å². The quantitative estimate of drug-likeness (QED) is 0.764. The van der Waals surface area contributed by atoms with Crippen LogP contribution in [0.4, 0.5) is 0 Å². The second-order valence-corrected chi connectivity index (χ2v) is 5.56. The molecule has 0 aliphatic carbocycles. The molecule has 24 heavy (non-hydrogen) atoms. The molecule has 3 rings (SSSR count). The van der Waals surface area contributed by atoms with Crippen molar-refractivity contribution < 1.29 is 15.0 Å². The summed E-state index contributed by atoms with van der Waals surface area (Å²) in [6.07, 6.45) is -0.878. The van der Waals surface area contributed by atoms with Crippen molar-refractivity contribution in [3.05, 3.63) is 59.4 Å². The molecule has 0 saturated carbocycles. The van der Waals surface area contributed by atoms with E-state index in [0.29, 0.717) is 5.69 Å². The van der Waals surface area contributed by atoms with Gasteiger partial charge >= 0.3 is 5.97 Å². The van der Waals surface area contributed by atoms with Gasteiger partial charge < -0.3 is 10.2 Å². The second kappa shape index (κ2) is 6.21. The van der Waals surface area contributed by atoms with E-state index in [1.807, 2.05) is 31.2 Å². The van der Waals surface area contributed by atoms with E-state index in [0.717, 1.165) is 16.7 Å². The topological polar surface area (TPSA) is 101 Å². The lowest BCUT2D eigenvalue weighted by Gasteiger charge is -2.10. The lowest BCUT2D eigenvalue weighted by molar-refractivity contribution is 0.0697. The molecule has 3 aromatic rings. The molecule has 0 bridgehead atoms. The number of aliphatic hydroxyl groups is 1. The van der Waals surface area contributed by atoms with E-state index in [1.54, 1.807) is 19.1 Å². The Labute approximate surface area is 138 Å². The minimum absolute atomic E-state index is 0.120. The number of carbonyl (C=O) groups is 1. The maximum absolute atomic E-state index is 11.5. The molecular weight excluding hydrogens is 308 g/mol. The third kappa shape index (κ3) is 3.02. The maximum Gasteiger partial charge on any atom is 0.335 e. The highest BCUT2D eigenvalue weighted by atomic mass is 16.4. The molecule has 2 aromatic carbocycles. The van der Waals surface area contributed by atoms with E-state index in [1.165, 1.54) is 10.7 Å². The number of benzene rings is 2. The first-order valence-corrected chi connectivity index (χ1v) is 7.38. The minimum atomic E-state index is -1.04. The Morgan fingerprint density at radius 2 is 1.83 bits per heavy atom. The van der Waals surface area contributed by atoms with Crippen LogP contribution in [0.2, 0.25) is 0 Å². The van der Waals surface area contributed by atoms with Crippen molar-refractivity contribution in [2.24, 2.45) is 0 Å². The fourth-order valence-electron chi connectivity index (χ4n) is 2.41. The second-order valence-electron chi connectivity index (χ2n) is 5.56. The number of hydrogen-bond donors (Lipinski definition) is 2. The maximum atomic E-state index is 11.5. The zero-order chi connectivity index (χ0) is 17.3. The van der Waals surface area contributed by atoms with Crippen molar-refractivity contribution in [2.75, 3.05) is 0 Å². The third-order valence-electron chi connectivity index (χ3n) is 3.66. The molecule has 0 aliphatic heterocycles. The number of tetrazole rings is 1. The summed E-state index contributed by atoms with van der Waals surface area (Å²) in [6.45, 7) is 3.53. The SMILES string of the molecule is Cc1ccc(-c2cc(C(=O)O)cc(-n3nnnc3C(C)O)c2)cc1. The van der Waals surface area contributed by atoms with Gasteiger partial charge in [0.05, 0.1) is 11.3 Å². The summed E-state index contributed by atoms with van der Waals surface area (Å²) >= 11 is 0. The molecule has 122 valence electrons. The Bertz CT molecular complexity index is 885. The predicted molar refractivity (Wildman–Crippen MR) is 86.9 cm³/mol. The molecule has 1 aromatic heterocycles. The van der Waals surface area contributed by atoms with Gasteiger partial charge in [-0.05, 0) is 53.6 Å². The summed E-state index contributed by atoms with van der Waals surface area (Å²) in [5.74, 6) is -0.802. The van der Waals surface area contributed by atoms with Crippen molar-refractivity contribution in [1.29, 1.82) is 0 Å². The molecule has 1 atom stereocenters. The zero-order valence-corrected chi connectivity index (χ0v) is 13.2. The molecular formula is C17H16N4O3. The van der Waals surface area contributed by atoms with Crippen LogP contribution in [-0.2, 0) is 0 Å². The number of rotatable bonds is 4. The number of nitrogens with zero attached hydrogens (tertiary/aromatic N) is 4. The van der Waals surface area contributed by atoms with Crippen molar-refractivity contribution >= 4 is 5.97 Å². The summed E-state index contributed by atoms with van der Waals surface area (Å²) in [6, 6.07) is 12.6. The Morgan fingerprint density at radius 1 is 1.12 bits per heavy atom. The highest BCUT2D eigenvalue weighted by molar-refractivity contribution is 5.90. The number of aromatic carboxylic acids is 1. The van der Waals surface area contributed by atoms with E-state index in [-0.39, 0.29) is 11.4 Å². The lowest BCUT2D eigenvalue weighted by Crippen LogP contribution is -2.08. The van der Waals surface area contributed by atoms with Crippen LogP contribution in [0.25, 0.3) is 16.8 Å². The average molecular weight is 324 g/mol. The first-order valence-electron chi connectivity index (χ1n) is 7.38. The molecule has 1 unspecified atom stereocenters. The zero-order valence-electron chi connectivity index (χ0n) is 13.2. The smallest absolute Gasteiger partial charge is 0.335 e. The van der Waals surface area contributed by atoms with Gasteiger partial charge in [0.1, 0.15) is 6.10 Å². The number of aromatic nitrogens is 4. The number of hydrogen-bond acceptors (Lipinski definition) is 5. The Hall–Kier alpha value is -3.06. The molecule has 1 heterocycles. The molecule has 0 saturated heterocycles. The largest absolute Gasteiger partial charge is 0.478 e. The van der Waals surface area contributed by atoms with E-state index < -0.39 is 12.1 Å². The molecule has 7 heteroatoms. The van der Waals surface area contributed by atoms with E-state index >= 15 is 0 Å². The van der Waals surface area contributed by atoms with Crippen LogP contribution < -0.4 is 0 Å². The van der Waals surface area contributed by atoms with Crippen molar-refractivity contribution in [2.45, 2.75) is 20.0 Å². The summed E-state index contributed by atoms with van der Waals surface area (Å²) in [7, 11) is 0. The van der Waals surface area contributed by atoms with Crippen LogP contribution in [0.3, 0.4) is 0 Å².